The molecule has 0 aliphatic carbocycles. The smallest absolute Gasteiger partial charge is 0.302 e. The summed E-state index contributed by atoms with van der Waals surface area (Å²) < 4.78 is 18.2. The van der Waals surface area contributed by atoms with Gasteiger partial charge in [0.05, 0.1) is 16.7 Å². The molecule has 1 aromatic rings. The van der Waals surface area contributed by atoms with Gasteiger partial charge in [0, 0.05) is 19.8 Å². The summed E-state index contributed by atoms with van der Waals surface area (Å²) in [7, 11) is 0. The molecule has 0 spiro atoms. The van der Waals surface area contributed by atoms with E-state index in [2.05, 4.69) is 4.74 Å². The minimum atomic E-state index is -1.11. The maximum absolute atomic E-state index is 13.6. The third-order valence-corrected chi connectivity index (χ3v) is 3.07. The van der Waals surface area contributed by atoms with Crippen molar-refractivity contribution >= 4 is 29.2 Å². The molecule has 0 aliphatic rings. The van der Waals surface area contributed by atoms with E-state index in [9.17, 15) is 9.18 Å². The lowest BCUT2D eigenvalue weighted by molar-refractivity contribution is -0.141. The van der Waals surface area contributed by atoms with Crippen LogP contribution in [0.2, 0.25) is 10.0 Å². The highest BCUT2D eigenvalue weighted by atomic mass is 35.5. The number of esters is 1. The van der Waals surface area contributed by atoms with Crippen LogP contribution in [0.1, 0.15) is 18.9 Å². The average molecular weight is 279 g/mol. The average Bonchev–Trinajstić information content (AvgIpc) is 2.24. The van der Waals surface area contributed by atoms with E-state index < -0.39 is 12.1 Å². The Hall–Kier alpha value is -0.800. The van der Waals surface area contributed by atoms with Gasteiger partial charge in [-0.2, -0.15) is 0 Å². The molecule has 0 bridgehead atoms. The van der Waals surface area contributed by atoms with E-state index >= 15 is 0 Å². The normalized spacial score (nSPS) is 12.2. The van der Waals surface area contributed by atoms with E-state index in [1.807, 2.05) is 0 Å². The number of benzene rings is 1. The highest BCUT2D eigenvalue weighted by molar-refractivity contribution is 6.42. The summed E-state index contributed by atoms with van der Waals surface area (Å²) in [6.45, 7) is 1.37. The number of ether oxygens (including phenoxy) is 1. The second-order valence-corrected chi connectivity index (χ2v) is 4.43. The maximum atomic E-state index is 13.6. The highest BCUT2D eigenvalue weighted by Gasteiger charge is 2.12. The molecule has 0 fully saturated rings. The molecule has 0 N–H and O–H groups in total. The first-order chi connectivity index (χ1) is 8.00. The van der Waals surface area contributed by atoms with Crippen LogP contribution in [-0.4, -0.2) is 18.7 Å². The molecule has 1 rings (SSSR count). The minimum absolute atomic E-state index is 0.0781. The summed E-state index contributed by atoms with van der Waals surface area (Å²) in [5.41, 5.74) is 0.662. The van der Waals surface area contributed by atoms with Crippen molar-refractivity contribution < 1.29 is 13.9 Å². The molecule has 0 radical (unpaired) electrons. The fraction of sp³-hybridized carbons (Fsp3) is 0.417. The molecule has 94 valence electrons. The van der Waals surface area contributed by atoms with E-state index in [4.69, 9.17) is 23.2 Å². The van der Waals surface area contributed by atoms with E-state index in [0.29, 0.717) is 15.6 Å². The summed E-state index contributed by atoms with van der Waals surface area (Å²) in [4.78, 5) is 10.5. The van der Waals surface area contributed by atoms with Crippen molar-refractivity contribution in [1.29, 1.82) is 0 Å². The second-order valence-electron chi connectivity index (χ2n) is 3.64. The molecule has 1 atom stereocenters. The van der Waals surface area contributed by atoms with E-state index in [-0.39, 0.29) is 19.4 Å². The Morgan fingerprint density at radius 1 is 1.47 bits per heavy atom. The molecule has 0 heterocycles. The van der Waals surface area contributed by atoms with Gasteiger partial charge in [0.1, 0.15) is 6.17 Å². The van der Waals surface area contributed by atoms with Crippen molar-refractivity contribution in [2.75, 3.05) is 6.61 Å². The Morgan fingerprint density at radius 3 is 2.82 bits per heavy atom. The Labute approximate surface area is 110 Å². The van der Waals surface area contributed by atoms with Gasteiger partial charge < -0.3 is 4.74 Å². The minimum Gasteiger partial charge on any atom is -0.466 e. The van der Waals surface area contributed by atoms with Crippen molar-refractivity contribution in [1.82, 2.24) is 0 Å². The lowest BCUT2D eigenvalue weighted by Crippen LogP contribution is -2.11. The van der Waals surface area contributed by atoms with Crippen molar-refractivity contribution in [2.24, 2.45) is 0 Å². The lowest BCUT2D eigenvalue weighted by Gasteiger charge is -2.10. The topological polar surface area (TPSA) is 26.3 Å². The van der Waals surface area contributed by atoms with Gasteiger partial charge in [0.25, 0.3) is 0 Å². The van der Waals surface area contributed by atoms with E-state index in [1.54, 1.807) is 18.2 Å². The monoisotopic (exact) mass is 278 g/mol. The van der Waals surface area contributed by atoms with Crippen molar-refractivity contribution in [2.45, 2.75) is 25.9 Å². The lowest BCUT2D eigenvalue weighted by atomic mass is 10.1. The predicted octanol–water partition coefficient (Wildman–Crippen LogP) is 3.83. The Kier molecular flexibility index (Phi) is 5.72. The van der Waals surface area contributed by atoms with Crippen molar-refractivity contribution in [3.63, 3.8) is 0 Å². The number of carbonyl (C=O) groups is 1. The quantitative estimate of drug-likeness (QED) is 0.766. The number of halogens is 3. The third kappa shape index (κ3) is 4.92. The maximum Gasteiger partial charge on any atom is 0.302 e. The molecule has 1 unspecified atom stereocenters. The third-order valence-electron chi connectivity index (χ3n) is 2.21. The first kappa shape index (κ1) is 14.3. The van der Waals surface area contributed by atoms with Gasteiger partial charge in [-0.3, -0.25) is 4.79 Å². The second kappa shape index (κ2) is 6.82. The molecular weight excluding hydrogens is 266 g/mol. The van der Waals surface area contributed by atoms with Crippen LogP contribution in [0, 0.1) is 0 Å². The fourth-order valence-electron chi connectivity index (χ4n) is 1.38. The number of rotatable bonds is 5. The SMILES string of the molecule is CC(=O)OCCC(F)Cc1cccc(Cl)c1Cl. The zero-order valence-electron chi connectivity index (χ0n) is 9.38. The Bertz CT molecular complexity index is 396. The van der Waals surface area contributed by atoms with E-state index in [0.717, 1.165) is 0 Å². The van der Waals surface area contributed by atoms with Crippen molar-refractivity contribution in [3.05, 3.63) is 33.8 Å². The molecule has 2 nitrogen and oxygen atoms in total. The van der Waals surface area contributed by atoms with E-state index in [1.165, 1.54) is 6.92 Å². The van der Waals surface area contributed by atoms with Gasteiger partial charge in [-0.25, -0.2) is 4.39 Å². The Balaban J connectivity index is 2.47. The number of alkyl halides is 1. The van der Waals surface area contributed by atoms with Crippen LogP contribution in [0.25, 0.3) is 0 Å². The summed E-state index contributed by atoms with van der Waals surface area (Å²) >= 11 is 11.8. The van der Waals surface area contributed by atoms with Crippen LogP contribution in [0.4, 0.5) is 4.39 Å². The van der Waals surface area contributed by atoms with Crippen LogP contribution in [-0.2, 0) is 16.0 Å². The largest absolute Gasteiger partial charge is 0.466 e. The van der Waals surface area contributed by atoms with Gasteiger partial charge in [-0.1, -0.05) is 35.3 Å². The predicted molar refractivity (Wildman–Crippen MR) is 66.3 cm³/mol. The molecule has 0 aliphatic heterocycles. The zero-order chi connectivity index (χ0) is 12.8. The first-order valence-corrected chi connectivity index (χ1v) is 5.96. The molecule has 0 saturated carbocycles. The summed E-state index contributed by atoms with van der Waals surface area (Å²) in [5, 5.41) is 0.792. The van der Waals surface area contributed by atoms with Crippen LogP contribution in [0.3, 0.4) is 0 Å². The van der Waals surface area contributed by atoms with Crippen LogP contribution < -0.4 is 0 Å². The van der Waals surface area contributed by atoms with Crippen LogP contribution >= 0.6 is 23.2 Å². The van der Waals surface area contributed by atoms with Gasteiger partial charge in [0.2, 0.25) is 0 Å². The zero-order valence-corrected chi connectivity index (χ0v) is 10.9. The molecule has 0 amide bonds. The molecule has 5 heteroatoms. The number of carbonyl (C=O) groups excluding carboxylic acids is 1. The molecule has 0 saturated heterocycles. The van der Waals surface area contributed by atoms with Gasteiger partial charge >= 0.3 is 5.97 Å². The first-order valence-electron chi connectivity index (χ1n) is 5.21. The molecule has 17 heavy (non-hydrogen) atoms. The van der Waals surface area contributed by atoms with Crippen molar-refractivity contribution in [3.8, 4) is 0 Å². The fourth-order valence-corrected chi connectivity index (χ4v) is 1.77. The molecular formula is C12H13Cl2FO2. The van der Waals surface area contributed by atoms with Crippen LogP contribution in [0.15, 0.2) is 18.2 Å². The van der Waals surface area contributed by atoms with Gasteiger partial charge in [-0.05, 0) is 11.6 Å². The summed E-state index contributed by atoms with van der Waals surface area (Å²) in [6.07, 6.45) is -0.784. The molecule has 1 aromatic carbocycles. The van der Waals surface area contributed by atoms with Gasteiger partial charge in [-0.15, -0.1) is 0 Å². The highest BCUT2D eigenvalue weighted by Crippen LogP contribution is 2.27. The van der Waals surface area contributed by atoms with Crippen LogP contribution in [0.5, 0.6) is 0 Å². The summed E-state index contributed by atoms with van der Waals surface area (Å²) in [6, 6.07) is 5.11. The standard InChI is InChI=1S/C12H13Cl2FO2/c1-8(16)17-6-5-10(15)7-9-3-2-4-11(13)12(9)14/h2-4,10H,5-7H2,1H3. The Morgan fingerprint density at radius 2 is 2.18 bits per heavy atom. The number of hydrogen-bond donors (Lipinski definition) is 0. The van der Waals surface area contributed by atoms with Gasteiger partial charge in [0.15, 0.2) is 0 Å². The molecule has 0 aromatic heterocycles. The number of hydrogen-bond acceptors (Lipinski definition) is 2. The summed E-state index contributed by atoms with van der Waals surface area (Å²) in [5.74, 6) is -0.405.